The molecule has 0 saturated carbocycles. The first-order valence-electron chi connectivity index (χ1n) is 5.73. The van der Waals surface area contributed by atoms with E-state index in [0.29, 0.717) is 11.4 Å². The quantitative estimate of drug-likeness (QED) is 0.598. The van der Waals surface area contributed by atoms with E-state index in [9.17, 15) is 22.4 Å². The summed E-state index contributed by atoms with van der Waals surface area (Å²) < 4.78 is 58.1. The summed E-state index contributed by atoms with van der Waals surface area (Å²) in [5.41, 5.74) is 6.09. The largest absolute Gasteiger partial charge is 0.495 e. The molecule has 118 valence electrons. The molecule has 21 heavy (non-hydrogen) atoms. The summed E-state index contributed by atoms with van der Waals surface area (Å²) in [5.74, 6) is -4.80. The summed E-state index contributed by atoms with van der Waals surface area (Å²) in [6.45, 7) is -2.35. The van der Waals surface area contributed by atoms with Crippen LogP contribution in [-0.4, -0.2) is 38.6 Å². The molecule has 0 bridgehead atoms. The van der Waals surface area contributed by atoms with Crippen LogP contribution in [0.2, 0.25) is 0 Å². The molecule has 0 heterocycles. The molecule has 0 saturated heterocycles. The molecule has 0 fully saturated rings. The zero-order valence-electron chi connectivity index (χ0n) is 11.0. The van der Waals surface area contributed by atoms with Crippen molar-refractivity contribution in [1.82, 2.24) is 0 Å². The Bertz CT molecular complexity index is 497. The lowest BCUT2D eigenvalue weighted by Crippen LogP contribution is -2.34. The molecular weight excluding hydrogens is 296 g/mol. The van der Waals surface area contributed by atoms with Crippen molar-refractivity contribution in [2.45, 2.75) is 12.3 Å². The van der Waals surface area contributed by atoms with Crippen molar-refractivity contribution in [3.05, 3.63) is 18.2 Å². The van der Waals surface area contributed by atoms with Crippen LogP contribution in [0.15, 0.2) is 18.2 Å². The zero-order valence-corrected chi connectivity index (χ0v) is 11.0. The lowest BCUT2D eigenvalue weighted by Gasteiger charge is -2.15. The molecule has 0 aliphatic carbocycles. The maximum absolute atomic E-state index is 12.6. The van der Waals surface area contributed by atoms with E-state index in [4.69, 9.17) is 10.5 Å². The van der Waals surface area contributed by atoms with E-state index in [0.717, 1.165) is 0 Å². The third-order valence-electron chi connectivity index (χ3n) is 2.34. The van der Waals surface area contributed by atoms with E-state index >= 15 is 0 Å². The highest BCUT2D eigenvalue weighted by Gasteiger charge is 2.41. The number of methoxy groups -OCH3 is 1. The summed E-state index contributed by atoms with van der Waals surface area (Å²) in [6.07, 6.45) is -3.85. The topological polar surface area (TPSA) is 73.6 Å². The molecule has 5 nitrogen and oxygen atoms in total. The molecule has 1 amide bonds. The minimum absolute atomic E-state index is 0.215. The van der Waals surface area contributed by atoms with E-state index in [-0.39, 0.29) is 5.69 Å². The number of nitrogen functional groups attached to an aromatic ring is 1. The number of nitrogens with two attached hydrogens (primary N) is 1. The SMILES string of the molecule is COc1ccc(N)cc1NC(=O)COCC(F)(F)C(F)F. The number of benzene rings is 1. The van der Waals surface area contributed by atoms with Crippen LogP contribution in [0.25, 0.3) is 0 Å². The second-order valence-corrected chi connectivity index (χ2v) is 4.06. The van der Waals surface area contributed by atoms with Gasteiger partial charge in [-0.1, -0.05) is 0 Å². The molecule has 0 aliphatic heterocycles. The number of carbonyl (C=O) groups is 1. The minimum atomic E-state index is -4.30. The van der Waals surface area contributed by atoms with Crippen LogP contribution in [-0.2, 0) is 9.53 Å². The number of rotatable bonds is 7. The molecule has 0 aliphatic rings. The standard InChI is InChI=1S/C12H14F4N2O3/c1-20-9-3-2-7(17)4-8(9)18-10(19)5-21-6-12(15,16)11(13)14/h2-4,11H,5-6,17H2,1H3,(H,18,19). The van der Waals surface area contributed by atoms with Crippen molar-refractivity contribution in [1.29, 1.82) is 0 Å². The van der Waals surface area contributed by atoms with E-state index in [2.05, 4.69) is 10.1 Å². The molecule has 9 heteroatoms. The number of nitrogens with one attached hydrogen (secondary N) is 1. The van der Waals surface area contributed by atoms with Crippen LogP contribution in [0.1, 0.15) is 0 Å². The summed E-state index contributed by atoms with van der Waals surface area (Å²) in [7, 11) is 1.36. The Kier molecular flexibility index (Phi) is 5.77. The van der Waals surface area contributed by atoms with E-state index in [1.165, 1.54) is 25.3 Å². The minimum Gasteiger partial charge on any atom is -0.495 e. The van der Waals surface area contributed by atoms with Crippen LogP contribution < -0.4 is 15.8 Å². The molecular formula is C12H14F4N2O3. The summed E-state index contributed by atoms with van der Waals surface area (Å²) >= 11 is 0. The lowest BCUT2D eigenvalue weighted by atomic mass is 10.2. The monoisotopic (exact) mass is 310 g/mol. The van der Waals surface area contributed by atoms with Gasteiger partial charge >= 0.3 is 12.3 Å². The first-order chi connectivity index (χ1) is 9.76. The molecule has 1 aromatic carbocycles. The van der Waals surface area contributed by atoms with Gasteiger partial charge in [0.1, 0.15) is 19.0 Å². The molecule has 0 atom stereocenters. The van der Waals surface area contributed by atoms with Crippen molar-refractivity contribution in [3.8, 4) is 5.75 Å². The molecule has 0 spiro atoms. The fourth-order valence-electron chi connectivity index (χ4n) is 1.35. The Labute approximate surface area is 118 Å². The van der Waals surface area contributed by atoms with Crippen molar-refractivity contribution >= 4 is 17.3 Å². The van der Waals surface area contributed by atoms with Gasteiger partial charge in [-0.2, -0.15) is 8.78 Å². The highest BCUT2D eigenvalue weighted by molar-refractivity contribution is 5.93. The summed E-state index contributed by atoms with van der Waals surface area (Å²) in [5, 5.41) is 2.32. The first-order valence-corrected chi connectivity index (χ1v) is 5.73. The van der Waals surface area contributed by atoms with E-state index in [1.807, 2.05) is 0 Å². The van der Waals surface area contributed by atoms with E-state index < -0.39 is 31.5 Å². The molecule has 1 aromatic rings. The smallest absolute Gasteiger partial charge is 0.330 e. The number of anilines is 2. The second-order valence-electron chi connectivity index (χ2n) is 4.06. The zero-order chi connectivity index (χ0) is 16.0. The van der Waals surface area contributed by atoms with Crippen LogP contribution in [0, 0.1) is 0 Å². The fraction of sp³-hybridized carbons (Fsp3) is 0.417. The second kappa shape index (κ2) is 7.11. The molecule has 1 rings (SSSR count). The van der Waals surface area contributed by atoms with Gasteiger partial charge < -0.3 is 20.5 Å². The van der Waals surface area contributed by atoms with Crippen molar-refractivity contribution in [3.63, 3.8) is 0 Å². The first kappa shape index (κ1) is 17.0. The third kappa shape index (κ3) is 5.10. The molecule has 0 unspecified atom stereocenters. The van der Waals surface area contributed by atoms with Gasteiger partial charge in [-0.3, -0.25) is 4.79 Å². The highest BCUT2D eigenvalue weighted by atomic mass is 19.3. The molecule has 0 radical (unpaired) electrons. The molecule has 3 N–H and O–H groups in total. The Balaban J connectivity index is 2.53. The third-order valence-corrected chi connectivity index (χ3v) is 2.34. The lowest BCUT2D eigenvalue weighted by molar-refractivity contribution is -0.167. The van der Waals surface area contributed by atoms with Crippen LogP contribution in [0.5, 0.6) is 5.75 Å². The van der Waals surface area contributed by atoms with E-state index in [1.54, 1.807) is 0 Å². The van der Waals surface area contributed by atoms with Crippen molar-refractivity contribution in [2.24, 2.45) is 0 Å². The molecule has 0 aromatic heterocycles. The number of hydrogen-bond acceptors (Lipinski definition) is 4. The highest BCUT2D eigenvalue weighted by Crippen LogP contribution is 2.26. The average molecular weight is 310 g/mol. The summed E-state index contributed by atoms with van der Waals surface area (Å²) in [6, 6.07) is 4.43. The Morgan fingerprint density at radius 3 is 2.67 bits per heavy atom. The van der Waals surface area contributed by atoms with Crippen molar-refractivity contribution < 1.29 is 31.8 Å². The predicted molar refractivity (Wildman–Crippen MR) is 67.8 cm³/mol. The maximum atomic E-state index is 12.6. The van der Waals surface area contributed by atoms with Gasteiger partial charge in [0.2, 0.25) is 5.91 Å². The van der Waals surface area contributed by atoms with Gasteiger partial charge in [0.05, 0.1) is 12.8 Å². The van der Waals surface area contributed by atoms with Crippen LogP contribution >= 0.6 is 0 Å². The predicted octanol–water partition coefficient (Wildman–Crippen LogP) is 2.13. The maximum Gasteiger partial charge on any atom is 0.330 e. The average Bonchev–Trinajstić information content (AvgIpc) is 2.38. The number of amides is 1. The van der Waals surface area contributed by atoms with Crippen LogP contribution in [0.3, 0.4) is 0 Å². The van der Waals surface area contributed by atoms with Crippen LogP contribution in [0.4, 0.5) is 28.9 Å². The summed E-state index contributed by atoms with van der Waals surface area (Å²) in [4.78, 5) is 11.5. The number of alkyl halides is 4. The number of hydrogen-bond donors (Lipinski definition) is 2. The normalized spacial score (nSPS) is 11.5. The van der Waals surface area contributed by atoms with Gasteiger partial charge in [-0.15, -0.1) is 0 Å². The van der Waals surface area contributed by atoms with Gasteiger partial charge in [0, 0.05) is 5.69 Å². The van der Waals surface area contributed by atoms with Gasteiger partial charge in [-0.05, 0) is 18.2 Å². The fourth-order valence-corrected chi connectivity index (χ4v) is 1.35. The Hall–Kier alpha value is -2.03. The Morgan fingerprint density at radius 1 is 1.43 bits per heavy atom. The van der Waals surface area contributed by atoms with Gasteiger partial charge in [-0.25, -0.2) is 8.78 Å². The van der Waals surface area contributed by atoms with Gasteiger partial charge in [0.15, 0.2) is 0 Å². The number of ether oxygens (including phenoxy) is 2. The number of carbonyl (C=O) groups excluding carboxylic acids is 1. The van der Waals surface area contributed by atoms with Crippen molar-refractivity contribution in [2.75, 3.05) is 31.4 Å². The Morgan fingerprint density at radius 2 is 2.10 bits per heavy atom. The van der Waals surface area contributed by atoms with Gasteiger partial charge in [0.25, 0.3) is 0 Å². The number of halogens is 4.